The van der Waals surface area contributed by atoms with Gasteiger partial charge in [-0.25, -0.2) is 8.78 Å². The molecular weight excluding hydrogens is 314 g/mol. The lowest BCUT2D eigenvalue weighted by atomic mass is 10.1. The molecule has 1 aliphatic rings. The number of halogens is 2. The van der Waals surface area contributed by atoms with E-state index in [2.05, 4.69) is 0 Å². The van der Waals surface area contributed by atoms with Crippen molar-refractivity contribution in [3.05, 3.63) is 59.7 Å². The monoisotopic (exact) mass is 332 g/mol. The highest BCUT2D eigenvalue weighted by Crippen LogP contribution is 2.24. The van der Waals surface area contributed by atoms with Gasteiger partial charge < -0.3 is 14.5 Å². The van der Waals surface area contributed by atoms with Gasteiger partial charge in [0, 0.05) is 32.2 Å². The second-order valence-corrected chi connectivity index (χ2v) is 5.58. The molecule has 24 heavy (non-hydrogen) atoms. The lowest BCUT2D eigenvalue weighted by molar-refractivity contribution is 0.0743. The van der Waals surface area contributed by atoms with E-state index in [0.717, 1.165) is 6.07 Å². The number of hydrogen-bond donors (Lipinski definition) is 0. The van der Waals surface area contributed by atoms with Crippen LogP contribution >= 0.6 is 0 Å². The van der Waals surface area contributed by atoms with Gasteiger partial charge in [-0.3, -0.25) is 4.79 Å². The van der Waals surface area contributed by atoms with Crippen LogP contribution in [0.25, 0.3) is 0 Å². The van der Waals surface area contributed by atoms with Crippen LogP contribution in [0.2, 0.25) is 0 Å². The van der Waals surface area contributed by atoms with Gasteiger partial charge in [-0.2, -0.15) is 0 Å². The molecule has 1 amide bonds. The highest BCUT2D eigenvalue weighted by Gasteiger charge is 2.25. The lowest BCUT2D eigenvalue weighted by Gasteiger charge is -2.36. The quantitative estimate of drug-likeness (QED) is 0.866. The number of hydrogen-bond acceptors (Lipinski definition) is 3. The summed E-state index contributed by atoms with van der Waals surface area (Å²) < 4.78 is 32.1. The Morgan fingerprint density at radius 1 is 1.04 bits per heavy atom. The van der Waals surface area contributed by atoms with Gasteiger partial charge in [-0.05, 0) is 24.3 Å². The summed E-state index contributed by atoms with van der Waals surface area (Å²) in [7, 11) is 1.53. The molecule has 2 aromatic carbocycles. The zero-order valence-electron chi connectivity index (χ0n) is 13.3. The normalized spacial score (nSPS) is 14.6. The minimum Gasteiger partial charge on any atom is -0.496 e. The third kappa shape index (κ3) is 3.18. The van der Waals surface area contributed by atoms with Crippen LogP contribution in [0.1, 0.15) is 10.4 Å². The van der Waals surface area contributed by atoms with Crippen molar-refractivity contribution < 1.29 is 18.3 Å². The van der Waals surface area contributed by atoms with Crippen molar-refractivity contribution in [2.24, 2.45) is 0 Å². The Hall–Kier alpha value is -2.63. The van der Waals surface area contributed by atoms with Crippen molar-refractivity contribution in [3.63, 3.8) is 0 Å². The lowest BCUT2D eigenvalue weighted by Crippen LogP contribution is -2.49. The summed E-state index contributed by atoms with van der Waals surface area (Å²) in [6.45, 7) is 1.91. The van der Waals surface area contributed by atoms with Crippen LogP contribution in [-0.2, 0) is 0 Å². The number of methoxy groups -OCH3 is 1. The smallest absolute Gasteiger partial charge is 0.257 e. The molecule has 0 spiro atoms. The molecule has 0 atom stereocenters. The average Bonchev–Trinajstić information content (AvgIpc) is 2.61. The van der Waals surface area contributed by atoms with Crippen LogP contribution in [0.4, 0.5) is 14.5 Å². The largest absolute Gasteiger partial charge is 0.496 e. The first-order valence-corrected chi connectivity index (χ1v) is 7.72. The SMILES string of the molecule is COc1ccccc1C(=O)N1CCN(c2ccc(F)cc2F)CC1. The topological polar surface area (TPSA) is 32.8 Å². The maximum atomic E-state index is 13.9. The van der Waals surface area contributed by atoms with Crippen LogP contribution in [0, 0.1) is 11.6 Å². The average molecular weight is 332 g/mol. The Labute approximate surface area is 139 Å². The van der Waals surface area contributed by atoms with E-state index < -0.39 is 11.6 Å². The first-order valence-electron chi connectivity index (χ1n) is 7.72. The van der Waals surface area contributed by atoms with Crippen molar-refractivity contribution in [2.45, 2.75) is 0 Å². The van der Waals surface area contributed by atoms with E-state index in [4.69, 9.17) is 4.74 Å². The summed E-state index contributed by atoms with van der Waals surface area (Å²) in [5.41, 5.74) is 0.877. The Bertz CT molecular complexity index is 744. The number of piperazine rings is 1. The predicted octanol–water partition coefficient (Wildman–Crippen LogP) is 2.94. The molecule has 4 nitrogen and oxygen atoms in total. The van der Waals surface area contributed by atoms with E-state index in [-0.39, 0.29) is 5.91 Å². The van der Waals surface area contributed by atoms with Gasteiger partial charge >= 0.3 is 0 Å². The van der Waals surface area contributed by atoms with Crippen molar-refractivity contribution >= 4 is 11.6 Å². The number of amides is 1. The Kier molecular flexibility index (Phi) is 4.64. The molecule has 0 N–H and O–H groups in total. The predicted molar refractivity (Wildman–Crippen MR) is 87.5 cm³/mol. The Morgan fingerprint density at radius 2 is 1.75 bits per heavy atom. The standard InChI is InChI=1S/C18H18F2N2O2/c1-24-17-5-3-2-4-14(17)18(23)22-10-8-21(9-11-22)16-7-6-13(19)12-15(16)20/h2-7,12H,8-11H2,1H3. The number of para-hydroxylation sites is 1. The molecular formula is C18H18F2N2O2. The summed E-state index contributed by atoms with van der Waals surface area (Å²) in [4.78, 5) is 16.2. The summed E-state index contributed by atoms with van der Waals surface area (Å²) in [5.74, 6) is -0.748. The molecule has 0 radical (unpaired) electrons. The molecule has 1 fully saturated rings. The number of ether oxygens (including phenoxy) is 1. The Morgan fingerprint density at radius 3 is 2.42 bits per heavy atom. The third-order valence-electron chi connectivity index (χ3n) is 4.15. The van der Waals surface area contributed by atoms with Gasteiger partial charge in [-0.15, -0.1) is 0 Å². The van der Waals surface area contributed by atoms with Crippen LogP contribution in [0.15, 0.2) is 42.5 Å². The first kappa shape index (κ1) is 16.2. The molecule has 2 aromatic rings. The van der Waals surface area contributed by atoms with E-state index in [1.54, 1.807) is 23.1 Å². The van der Waals surface area contributed by atoms with E-state index in [1.165, 1.54) is 19.2 Å². The van der Waals surface area contributed by atoms with Crippen molar-refractivity contribution in [3.8, 4) is 5.75 Å². The number of carbonyl (C=O) groups excluding carboxylic acids is 1. The zero-order valence-corrected chi connectivity index (χ0v) is 13.3. The summed E-state index contributed by atoms with van der Waals surface area (Å²) in [5, 5.41) is 0. The van der Waals surface area contributed by atoms with Crippen molar-refractivity contribution in [1.82, 2.24) is 4.90 Å². The van der Waals surface area contributed by atoms with Gasteiger partial charge in [0.25, 0.3) is 5.91 Å². The molecule has 126 valence electrons. The number of anilines is 1. The van der Waals surface area contributed by atoms with E-state index >= 15 is 0 Å². The van der Waals surface area contributed by atoms with Crippen LogP contribution in [-0.4, -0.2) is 44.1 Å². The van der Waals surface area contributed by atoms with Gasteiger partial charge in [0.15, 0.2) is 0 Å². The number of nitrogens with zero attached hydrogens (tertiary/aromatic N) is 2. The molecule has 0 aliphatic carbocycles. The fraction of sp³-hybridized carbons (Fsp3) is 0.278. The fourth-order valence-corrected chi connectivity index (χ4v) is 2.88. The summed E-state index contributed by atoms with van der Waals surface area (Å²) in [6.07, 6.45) is 0. The number of benzene rings is 2. The minimum absolute atomic E-state index is 0.105. The highest BCUT2D eigenvalue weighted by atomic mass is 19.1. The maximum Gasteiger partial charge on any atom is 0.257 e. The van der Waals surface area contributed by atoms with Gasteiger partial charge in [0.1, 0.15) is 17.4 Å². The van der Waals surface area contributed by atoms with E-state index in [0.29, 0.717) is 43.2 Å². The molecule has 1 aliphatic heterocycles. The second-order valence-electron chi connectivity index (χ2n) is 5.58. The third-order valence-corrected chi connectivity index (χ3v) is 4.15. The maximum absolute atomic E-state index is 13.9. The van der Waals surface area contributed by atoms with Gasteiger partial charge in [0.2, 0.25) is 0 Å². The van der Waals surface area contributed by atoms with Gasteiger partial charge in [-0.1, -0.05) is 12.1 Å². The molecule has 1 saturated heterocycles. The van der Waals surface area contributed by atoms with Crippen LogP contribution in [0.5, 0.6) is 5.75 Å². The zero-order chi connectivity index (χ0) is 17.1. The van der Waals surface area contributed by atoms with Crippen LogP contribution in [0.3, 0.4) is 0 Å². The minimum atomic E-state index is -0.596. The van der Waals surface area contributed by atoms with E-state index in [1.807, 2.05) is 11.0 Å². The van der Waals surface area contributed by atoms with Crippen molar-refractivity contribution in [2.75, 3.05) is 38.2 Å². The Balaban J connectivity index is 1.69. The highest BCUT2D eigenvalue weighted by molar-refractivity contribution is 5.97. The summed E-state index contributed by atoms with van der Waals surface area (Å²) in [6, 6.07) is 10.6. The molecule has 1 heterocycles. The second kappa shape index (κ2) is 6.86. The number of carbonyl (C=O) groups is 1. The molecule has 0 aromatic heterocycles. The first-order chi connectivity index (χ1) is 11.6. The molecule has 0 unspecified atom stereocenters. The fourth-order valence-electron chi connectivity index (χ4n) is 2.88. The molecule has 0 saturated carbocycles. The number of rotatable bonds is 3. The van der Waals surface area contributed by atoms with Crippen molar-refractivity contribution in [1.29, 1.82) is 0 Å². The molecule has 0 bridgehead atoms. The van der Waals surface area contributed by atoms with E-state index in [9.17, 15) is 13.6 Å². The summed E-state index contributed by atoms with van der Waals surface area (Å²) >= 11 is 0. The van der Waals surface area contributed by atoms with Crippen LogP contribution < -0.4 is 9.64 Å². The van der Waals surface area contributed by atoms with Gasteiger partial charge in [0.05, 0.1) is 18.4 Å². The molecule has 6 heteroatoms. The molecule has 3 rings (SSSR count).